The number of halogens is 3. The van der Waals surface area contributed by atoms with Crippen LogP contribution in [0, 0.1) is 0 Å². The van der Waals surface area contributed by atoms with Crippen LogP contribution in [0.15, 0.2) is 18.2 Å². The molecule has 0 fully saturated rings. The predicted octanol–water partition coefficient (Wildman–Crippen LogP) is 2.10. The number of ether oxygens (including phenoxy) is 1. The first-order valence-corrected chi connectivity index (χ1v) is 5.52. The number of hydrogen-bond acceptors (Lipinski definition) is 3. The second-order valence-electron chi connectivity index (χ2n) is 4.18. The Kier molecular flexibility index (Phi) is 4.98. The lowest BCUT2D eigenvalue weighted by Gasteiger charge is -2.16. The zero-order valence-corrected chi connectivity index (χ0v) is 10.4. The van der Waals surface area contributed by atoms with Gasteiger partial charge in [-0.25, -0.2) is 0 Å². The second-order valence-corrected chi connectivity index (χ2v) is 4.18. The number of likely N-dealkylation sites (N-methyl/N-ethyl adjacent to an activating group) is 1. The van der Waals surface area contributed by atoms with E-state index in [2.05, 4.69) is 0 Å². The molecule has 1 aromatic rings. The molecule has 0 radical (unpaired) electrons. The third-order valence-electron chi connectivity index (χ3n) is 2.38. The van der Waals surface area contributed by atoms with Crippen LogP contribution < -0.4 is 10.5 Å². The summed E-state index contributed by atoms with van der Waals surface area (Å²) in [5.41, 5.74) is 5.00. The van der Waals surface area contributed by atoms with E-state index < -0.39 is 11.7 Å². The fraction of sp³-hybridized carbons (Fsp3) is 0.500. The highest BCUT2D eigenvalue weighted by molar-refractivity contribution is 5.39. The molecule has 0 bridgehead atoms. The Morgan fingerprint density at radius 2 is 1.94 bits per heavy atom. The topological polar surface area (TPSA) is 38.5 Å². The fourth-order valence-electron chi connectivity index (χ4n) is 1.39. The van der Waals surface area contributed by atoms with Crippen molar-refractivity contribution in [1.82, 2.24) is 4.90 Å². The van der Waals surface area contributed by atoms with E-state index in [1.807, 2.05) is 19.0 Å². The Labute approximate surface area is 104 Å². The van der Waals surface area contributed by atoms with Gasteiger partial charge in [-0.2, -0.15) is 13.2 Å². The van der Waals surface area contributed by atoms with Gasteiger partial charge < -0.3 is 15.4 Å². The van der Waals surface area contributed by atoms with Crippen molar-refractivity contribution >= 4 is 0 Å². The SMILES string of the molecule is CN(C)CCOc1ccc(CN)cc1C(F)(F)F. The summed E-state index contributed by atoms with van der Waals surface area (Å²) in [6.07, 6.45) is -4.43. The van der Waals surface area contributed by atoms with E-state index in [4.69, 9.17) is 10.5 Å². The first-order chi connectivity index (χ1) is 8.34. The lowest BCUT2D eigenvalue weighted by Crippen LogP contribution is -2.20. The molecular formula is C12H17F3N2O. The molecule has 0 amide bonds. The average Bonchev–Trinajstić information content (AvgIpc) is 2.27. The van der Waals surface area contributed by atoms with Gasteiger partial charge in [0, 0.05) is 13.1 Å². The van der Waals surface area contributed by atoms with Crippen LogP contribution in [0.5, 0.6) is 5.75 Å². The number of nitrogens with two attached hydrogens (primary N) is 1. The summed E-state index contributed by atoms with van der Waals surface area (Å²) in [6, 6.07) is 3.89. The molecule has 0 aliphatic rings. The molecule has 18 heavy (non-hydrogen) atoms. The highest BCUT2D eigenvalue weighted by Gasteiger charge is 2.34. The van der Waals surface area contributed by atoms with Gasteiger partial charge in [-0.05, 0) is 31.8 Å². The number of rotatable bonds is 5. The van der Waals surface area contributed by atoms with Gasteiger partial charge >= 0.3 is 6.18 Å². The summed E-state index contributed by atoms with van der Waals surface area (Å²) >= 11 is 0. The number of hydrogen-bond donors (Lipinski definition) is 1. The zero-order valence-electron chi connectivity index (χ0n) is 10.4. The van der Waals surface area contributed by atoms with Crippen molar-refractivity contribution in [2.24, 2.45) is 5.73 Å². The molecule has 102 valence electrons. The third-order valence-corrected chi connectivity index (χ3v) is 2.38. The minimum Gasteiger partial charge on any atom is -0.492 e. The van der Waals surface area contributed by atoms with Crippen LogP contribution in [-0.4, -0.2) is 32.1 Å². The van der Waals surface area contributed by atoms with E-state index in [9.17, 15) is 13.2 Å². The van der Waals surface area contributed by atoms with Gasteiger partial charge in [0.15, 0.2) is 0 Å². The molecule has 0 aliphatic heterocycles. The maximum atomic E-state index is 12.8. The average molecular weight is 262 g/mol. The summed E-state index contributed by atoms with van der Waals surface area (Å²) in [6.45, 7) is 0.828. The lowest BCUT2D eigenvalue weighted by molar-refractivity contribution is -0.139. The molecule has 2 N–H and O–H groups in total. The number of nitrogens with zero attached hydrogens (tertiary/aromatic N) is 1. The Morgan fingerprint density at radius 1 is 1.28 bits per heavy atom. The highest BCUT2D eigenvalue weighted by Crippen LogP contribution is 2.36. The largest absolute Gasteiger partial charge is 0.492 e. The molecule has 0 unspecified atom stereocenters. The van der Waals surface area contributed by atoms with Crippen LogP contribution in [0.1, 0.15) is 11.1 Å². The van der Waals surface area contributed by atoms with E-state index in [0.29, 0.717) is 12.1 Å². The number of benzene rings is 1. The van der Waals surface area contributed by atoms with Crippen molar-refractivity contribution in [2.45, 2.75) is 12.7 Å². The van der Waals surface area contributed by atoms with Crippen LogP contribution in [0.2, 0.25) is 0 Å². The first kappa shape index (κ1) is 14.8. The normalized spacial score (nSPS) is 11.9. The Morgan fingerprint density at radius 3 is 2.44 bits per heavy atom. The van der Waals surface area contributed by atoms with Gasteiger partial charge in [-0.15, -0.1) is 0 Å². The minimum atomic E-state index is -4.43. The van der Waals surface area contributed by atoms with Gasteiger partial charge in [0.25, 0.3) is 0 Å². The molecule has 1 rings (SSSR count). The van der Waals surface area contributed by atoms with Crippen molar-refractivity contribution in [1.29, 1.82) is 0 Å². The molecular weight excluding hydrogens is 245 g/mol. The maximum Gasteiger partial charge on any atom is 0.419 e. The monoisotopic (exact) mass is 262 g/mol. The van der Waals surface area contributed by atoms with Crippen molar-refractivity contribution in [3.05, 3.63) is 29.3 Å². The molecule has 0 spiro atoms. The Balaban J connectivity index is 2.89. The van der Waals surface area contributed by atoms with Crippen LogP contribution in [0.3, 0.4) is 0 Å². The van der Waals surface area contributed by atoms with Gasteiger partial charge in [-0.1, -0.05) is 6.07 Å². The van der Waals surface area contributed by atoms with Crippen molar-refractivity contribution in [2.75, 3.05) is 27.2 Å². The van der Waals surface area contributed by atoms with Gasteiger partial charge in [-0.3, -0.25) is 0 Å². The molecule has 0 heterocycles. The molecule has 0 saturated heterocycles. The Hall–Kier alpha value is -1.27. The highest BCUT2D eigenvalue weighted by atomic mass is 19.4. The summed E-state index contributed by atoms with van der Waals surface area (Å²) in [5, 5.41) is 0. The smallest absolute Gasteiger partial charge is 0.419 e. The van der Waals surface area contributed by atoms with Crippen LogP contribution in [0.4, 0.5) is 13.2 Å². The van der Waals surface area contributed by atoms with Crippen molar-refractivity contribution < 1.29 is 17.9 Å². The fourth-order valence-corrected chi connectivity index (χ4v) is 1.39. The Bertz CT molecular complexity index is 391. The minimum absolute atomic E-state index is 0.0705. The molecule has 0 atom stereocenters. The first-order valence-electron chi connectivity index (χ1n) is 5.52. The second kappa shape index (κ2) is 6.06. The van der Waals surface area contributed by atoms with E-state index in [-0.39, 0.29) is 18.9 Å². The van der Waals surface area contributed by atoms with E-state index in [0.717, 1.165) is 6.07 Å². The van der Waals surface area contributed by atoms with Crippen molar-refractivity contribution in [3.63, 3.8) is 0 Å². The standard InChI is InChI=1S/C12H17F3N2O/c1-17(2)5-6-18-11-4-3-9(8-16)7-10(11)12(13,14)15/h3-4,7H,5-6,8,16H2,1-2H3. The molecule has 0 saturated carbocycles. The molecule has 6 heteroatoms. The number of alkyl halides is 3. The quantitative estimate of drug-likeness (QED) is 0.883. The maximum absolute atomic E-state index is 12.8. The molecule has 0 aliphatic carbocycles. The predicted molar refractivity (Wildman–Crippen MR) is 63.4 cm³/mol. The summed E-state index contributed by atoms with van der Waals surface area (Å²) < 4.78 is 43.6. The van der Waals surface area contributed by atoms with Gasteiger partial charge in [0.05, 0.1) is 5.56 Å². The van der Waals surface area contributed by atoms with Crippen LogP contribution >= 0.6 is 0 Å². The third kappa shape index (κ3) is 4.19. The van der Waals surface area contributed by atoms with E-state index >= 15 is 0 Å². The van der Waals surface area contributed by atoms with Gasteiger partial charge in [0.1, 0.15) is 12.4 Å². The molecule has 0 aromatic heterocycles. The molecule has 3 nitrogen and oxygen atoms in total. The lowest BCUT2D eigenvalue weighted by atomic mass is 10.1. The zero-order chi connectivity index (χ0) is 13.8. The van der Waals surface area contributed by atoms with Crippen LogP contribution in [0.25, 0.3) is 0 Å². The van der Waals surface area contributed by atoms with Crippen LogP contribution in [-0.2, 0) is 12.7 Å². The summed E-state index contributed by atoms with van der Waals surface area (Å²) in [5.74, 6) is -0.151. The summed E-state index contributed by atoms with van der Waals surface area (Å²) in [7, 11) is 3.65. The van der Waals surface area contributed by atoms with Crippen molar-refractivity contribution in [3.8, 4) is 5.75 Å². The van der Waals surface area contributed by atoms with E-state index in [1.54, 1.807) is 6.07 Å². The van der Waals surface area contributed by atoms with E-state index in [1.165, 1.54) is 6.07 Å². The summed E-state index contributed by atoms with van der Waals surface area (Å²) in [4.78, 5) is 1.83. The van der Waals surface area contributed by atoms with Gasteiger partial charge in [0.2, 0.25) is 0 Å². The molecule has 1 aromatic carbocycles.